The summed E-state index contributed by atoms with van der Waals surface area (Å²) in [4.78, 5) is 0. The van der Waals surface area contributed by atoms with Gasteiger partial charge < -0.3 is 0 Å². The summed E-state index contributed by atoms with van der Waals surface area (Å²) in [5.41, 5.74) is 4.11. The van der Waals surface area contributed by atoms with Crippen LogP contribution >= 0.6 is 0 Å². The maximum Gasteiger partial charge on any atom is 0.132 e. The fourth-order valence-corrected chi connectivity index (χ4v) is 2.55. The Balaban J connectivity index is 2.08. The Morgan fingerprint density at radius 1 is 1.11 bits per heavy atom. The van der Waals surface area contributed by atoms with Gasteiger partial charge in [-0.15, -0.1) is 0 Å². The van der Waals surface area contributed by atoms with Gasteiger partial charge in [0.05, 0.1) is 20.6 Å². The van der Waals surface area contributed by atoms with Crippen LogP contribution in [0.5, 0.6) is 0 Å². The van der Waals surface area contributed by atoms with E-state index in [0.29, 0.717) is 5.92 Å². The van der Waals surface area contributed by atoms with Crippen molar-refractivity contribution >= 4 is 5.69 Å². The van der Waals surface area contributed by atoms with Crippen LogP contribution in [-0.4, -0.2) is 20.6 Å². The first-order valence-electron chi connectivity index (χ1n) is 6.72. The predicted molar refractivity (Wildman–Crippen MR) is 80.7 cm³/mol. The number of rotatable bonds is 3. The lowest BCUT2D eigenvalue weighted by Crippen LogP contribution is -2.44. The van der Waals surface area contributed by atoms with Gasteiger partial charge in [-0.2, -0.15) is 0 Å². The largest absolute Gasteiger partial charge is 0.295 e. The van der Waals surface area contributed by atoms with Crippen LogP contribution in [0.1, 0.15) is 18.9 Å². The zero-order valence-corrected chi connectivity index (χ0v) is 12.0. The number of aryl methyl sites for hydroxylation is 1. The van der Waals surface area contributed by atoms with Crippen molar-refractivity contribution in [2.24, 2.45) is 5.92 Å². The summed E-state index contributed by atoms with van der Waals surface area (Å²) in [6.45, 7) is 5.47. The molecule has 1 nitrogen and oxygen atoms in total. The minimum absolute atomic E-state index is 0.657. The molecule has 2 rings (SSSR count). The summed E-state index contributed by atoms with van der Waals surface area (Å²) in [7, 11) is 4.59. The summed E-state index contributed by atoms with van der Waals surface area (Å²) in [5.74, 6) is 0.657. The van der Waals surface area contributed by atoms with E-state index in [0.717, 1.165) is 11.0 Å². The molecule has 0 aromatic heterocycles. The zero-order chi connectivity index (χ0) is 13.2. The first kappa shape index (κ1) is 13.1. The molecule has 0 heterocycles. The minimum Gasteiger partial charge on any atom is -0.295 e. The first-order valence-corrected chi connectivity index (χ1v) is 6.72. The molecular formula is C17H24N+. The molecule has 0 fully saturated rings. The van der Waals surface area contributed by atoms with Crippen LogP contribution in [0.4, 0.5) is 5.69 Å². The monoisotopic (exact) mass is 242 g/mol. The fraction of sp³-hybridized carbons (Fsp3) is 0.412. The summed E-state index contributed by atoms with van der Waals surface area (Å²) in [5, 5.41) is 0. The number of nitrogens with zero attached hydrogens (tertiary/aromatic N) is 1. The smallest absolute Gasteiger partial charge is 0.132 e. The summed E-state index contributed by atoms with van der Waals surface area (Å²) in [6, 6.07) is 8.91. The molecule has 1 heteroatoms. The molecule has 0 N–H and O–H groups in total. The average Bonchev–Trinajstić information content (AvgIpc) is 2.32. The molecular weight excluding hydrogens is 218 g/mol. The van der Waals surface area contributed by atoms with Crippen molar-refractivity contribution in [2.45, 2.75) is 20.3 Å². The van der Waals surface area contributed by atoms with E-state index in [1.165, 1.54) is 23.2 Å². The second-order valence-electron chi connectivity index (χ2n) is 6.01. The maximum absolute atomic E-state index is 2.36. The predicted octanol–water partition coefficient (Wildman–Crippen LogP) is 4.08. The lowest BCUT2D eigenvalue weighted by molar-refractivity contribution is 0.352. The van der Waals surface area contributed by atoms with Crippen LogP contribution in [0.15, 0.2) is 48.1 Å². The molecule has 1 aromatic rings. The summed E-state index contributed by atoms with van der Waals surface area (Å²) in [6.07, 6.45) is 8.14. The Bertz CT molecular complexity index is 463. The third-order valence-corrected chi connectivity index (χ3v) is 3.80. The molecule has 1 aliphatic carbocycles. The molecule has 1 unspecified atom stereocenters. The van der Waals surface area contributed by atoms with Gasteiger partial charge in [-0.05, 0) is 32.4 Å². The van der Waals surface area contributed by atoms with Gasteiger partial charge in [-0.1, -0.05) is 41.5 Å². The molecule has 96 valence electrons. The number of allylic oxidation sites excluding steroid dienone is 3. The number of benzene rings is 1. The molecule has 0 amide bonds. The van der Waals surface area contributed by atoms with E-state index in [9.17, 15) is 0 Å². The Morgan fingerprint density at radius 3 is 2.33 bits per heavy atom. The molecule has 0 saturated carbocycles. The Morgan fingerprint density at radius 2 is 1.78 bits per heavy atom. The van der Waals surface area contributed by atoms with E-state index >= 15 is 0 Å². The van der Waals surface area contributed by atoms with Crippen molar-refractivity contribution in [3.63, 3.8) is 0 Å². The molecule has 1 aromatic carbocycles. The minimum atomic E-state index is 0.657. The van der Waals surface area contributed by atoms with Gasteiger partial charge in [0.1, 0.15) is 5.69 Å². The molecule has 1 atom stereocenters. The molecule has 18 heavy (non-hydrogen) atoms. The third-order valence-electron chi connectivity index (χ3n) is 3.80. The van der Waals surface area contributed by atoms with E-state index < -0.39 is 0 Å². The molecule has 0 spiro atoms. The van der Waals surface area contributed by atoms with Crippen molar-refractivity contribution in [1.29, 1.82) is 0 Å². The van der Waals surface area contributed by atoms with E-state index in [-0.39, 0.29) is 0 Å². The molecule has 1 aliphatic rings. The molecule has 0 radical (unpaired) electrons. The van der Waals surface area contributed by atoms with Crippen LogP contribution in [0.2, 0.25) is 0 Å². The van der Waals surface area contributed by atoms with E-state index in [4.69, 9.17) is 0 Å². The van der Waals surface area contributed by atoms with Crippen LogP contribution in [0, 0.1) is 12.8 Å². The van der Waals surface area contributed by atoms with Gasteiger partial charge in [0.25, 0.3) is 0 Å². The van der Waals surface area contributed by atoms with Gasteiger partial charge in [-0.3, -0.25) is 4.48 Å². The molecule has 0 aliphatic heterocycles. The van der Waals surface area contributed by atoms with Crippen molar-refractivity contribution in [2.75, 3.05) is 20.6 Å². The van der Waals surface area contributed by atoms with Gasteiger partial charge in [-0.25, -0.2) is 0 Å². The molecule has 0 bridgehead atoms. The Kier molecular flexibility index (Phi) is 3.72. The first-order chi connectivity index (χ1) is 8.47. The van der Waals surface area contributed by atoms with Gasteiger partial charge in [0.15, 0.2) is 0 Å². The SMILES string of the molecule is CC1=CCC(C[N+](C)(C)c2ccc(C)cc2)C=C1. The Labute approximate surface area is 111 Å². The average molecular weight is 242 g/mol. The summed E-state index contributed by atoms with van der Waals surface area (Å²) < 4.78 is 0.947. The highest BCUT2D eigenvalue weighted by Crippen LogP contribution is 2.24. The van der Waals surface area contributed by atoms with E-state index in [2.05, 4.69) is 70.4 Å². The molecule has 0 saturated heterocycles. The van der Waals surface area contributed by atoms with Crippen LogP contribution < -0.4 is 4.48 Å². The lowest BCUT2D eigenvalue weighted by Gasteiger charge is -2.32. The second-order valence-corrected chi connectivity index (χ2v) is 6.01. The highest BCUT2D eigenvalue weighted by Gasteiger charge is 2.23. The third kappa shape index (κ3) is 3.11. The zero-order valence-electron chi connectivity index (χ0n) is 12.0. The summed E-state index contributed by atoms with van der Waals surface area (Å²) >= 11 is 0. The highest BCUT2D eigenvalue weighted by molar-refractivity contribution is 5.43. The normalized spacial score (nSPS) is 19.8. The number of hydrogen-bond acceptors (Lipinski definition) is 0. The maximum atomic E-state index is 2.36. The second kappa shape index (κ2) is 5.11. The van der Waals surface area contributed by atoms with Crippen molar-refractivity contribution in [3.05, 3.63) is 53.6 Å². The van der Waals surface area contributed by atoms with Gasteiger partial charge in [0.2, 0.25) is 0 Å². The number of quaternary nitrogens is 1. The van der Waals surface area contributed by atoms with Crippen molar-refractivity contribution in [1.82, 2.24) is 4.48 Å². The quantitative estimate of drug-likeness (QED) is 0.700. The van der Waals surface area contributed by atoms with E-state index in [1.54, 1.807) is 0 Å². The standard InChI is InChI=1S/C17H24N/c1-14-5-9-16(10-6-14)13-18(3,4)17-11-7-15(2)8-12-17/h5-9,11-12,16H,10,13H2,1-4H3/q+1. The van der Waals surface area contributed by atoms with Crippen molar-refractivity contribution in [3.8, 4) is 0 Å². The lowest BCUT2D eigenvalue weighted by atomic mass is 9.96. The fourth-order valence-electron chi connectivity index (χ4n) is 2.55. The van der Waals surface area contributed by atoms with Crippen LogP contribution in [0.25, 0.3) is 0 Å². The van der Waals surface area contributed by atoms with Gasteiger partial charge in [0, 0.05) is 5.92 Å². The van der Waals surface area contributed by atoms with Gasteiger partial charge >= 0.3 is 0 Å². The van der Waals surface area contributed by atoms with Crippen LogP contribution in [0.3, 0.4) is 0 Å². The topological polar surface area (TPSA) is 0 Å². The van der Waals surface area contributed by atoms with Crippen LogP contribution in [-0.2, 0) is 0 Å². The van der Waals surface area contributed by atoms with Crippen molar-refractivity contribution < 1.29 is 0 Å². The Hall–Kier alpha value is -1.34. The van der Waals surface area contributed by atoms with E-state index in [1.807, 2.05) is 0 Å². The number of hydrogen-bond donors (Lipinski definition) is 0. The highest BCUT2D eigenvalue weighted by atomic mass is 15.3.